The Kier molecular flexibility index (Phi) is 10.2. The standard InChI is InChI=1S/C16H35OP/c1-6-7-8-9-10-11-12-18(17)14-15(2)13-16(3,4)5/h15,18H,6-14H2,1-5H3. The van der Waals surface area contributed by atoms with Gasteiger partial charge in [-0.3, -0.25) is 0 Å². The maximum atomic E-state index is 12.0. The summed E-state index contributed by atoms with van der Waals surface area (Å²) in [7, 11) is -1.30. The molecule has 0 saturated heterocycles. The van der Waals surface area contributed by atoms with Crippen molar-refractivity contribution in [2.45, 2.75) is 79.6 Å². The minimum absolute atomic E-state index is 0.377. The lowest BCUT2D eigenvalue weighted by Gasteiger charge is -2.22. The van der Waals surface area contributed by atoms with Gasteiger partial charge in [0.25, 0.3) is 0 Å². The molecule has 0 N–H and O–H groups in total. The fraction of sp³-hybridized carbons (Fsp3) is 1.00. The van der Waals surface area contributed by atoms with Crippen molar-refractivity contribution in [3.63, 3.8) is 0 Å². The van der Waals surface area contributed by atoms with Gasteiger partial charge >= 0.3 is 0 Å². The molecular weight excluding hydrogens is 239 g/mol. The van der Waals surface area contributed by atoms with Crippen LogP contribution in [0.2, 0.25) is 0 Å². The summed E-state index contributed by atoms with van der Waals surface area (Å²) in [4.78, 5) is 0. The van der Waals surface area contributed by atoms with Crippen LogP contribution in [0.3, 0.4) is 0 Å². The molecule has 110 valence electrons. The van der Waals surface area contributed by atoms with Gasteiger partial charge in [-0.2, -0.15) is 0 Å². The summed E-state index contributed by atoms with van der Waals surface area (Å²) >= 11 is 0. The van der Waals surface area contributed by atoms with Gasteiger partial charge in [0.15, 0.2) is 0 Å². The zero-order chi connectivity index (χ0) is 14.0. The molecule has 0 radical (unpaired) electrons. The van der Waals surface area contributed by atoms with Crippen LogP contribution in [0, 0.1) is 11.3 Å². The van der Waals surface area contributed by atoms with Crippen LogP contribution in [0.1, 0.15) is 79.6 Å². The Morgan fingerprint density at radius 2 is 1.56 bits per heavy atom. The van der Waals surface area contributed by atoms with Crippen LogP contribution in [0.25, 0.3) is 0 Å². The van der Waals surface area contributed by atoms with Crippen LogP contribution in [0.5, 0.6) is 0 Å². The van der Waals surface area contributed by atoms with Crippen LogP contribution in [0.4, 0.5) is 0 Å². The Balaban J connectivity index is 3.53. The van der Waals surface area contributed by atoms with E-state index in [1.807, 2.05) is 0 Å². The van der Waals surface area contributed by atoms with E-state index < -0.39 is 7.80 Å². The third kappa shape index (κ3) is 12.7. The molecule has 0 aliphatic heterocycles. The fourth-order valence-electron chi connectivity index (χ4n) is 2.71. The van der Waals surface area contributed by atoms with E-state index in [-0.39, 0.29) is 0 Å². The molecule has 0 aliphatic carbocycles. The zero-order valence-corrected chi connectivity index (χ0v) is 14.3. The normalized spacial score (nSPS) is 15.6. The van der Waals surface area contributed by atoms with Crippen molar-refractivity contribution in [2.75, 3.05) is 12.3 Å². The molecule has 2 unspecified atom stereocenters. The Labute approximate surface area is 116 Å². The van der Waals surface area contributed by atoms with Crippen LogP contribution >= 0.6 is 7.80 Å². The molecule has 0 aromatic rings. The molecule has 2 heteroatoms. The van der Waals surface area contributed by atoms with E-state index in [9.17, 15) is 4.57 Å². The summed E-state index contributed by atoms with van der Waals surface area (Å²) < 4.78 is 12.0. The van der Waals surface area contributed by atoms with Gasteiger partial charge in [0, 0.05) is 6.16 Å². The van der Waals surface area contributed by atoms with Crippen LogP contribution in [-0.2, 0) is 4.57 Å². The molecule has 0 heterocycles. The second-order valence-electron chi connectivity index (χ2n) is 7.13. The van der Waals surface area contributed by atoms with Gasteiger partial charge in [-0.05, 0) is 30.3 Å². The third-order valence-corrected chi connectivity index (χ3v) is 5.41. The smallest absolute Gasteiger partial charge is 0.0764 e. The van der Waals surface area contributed by atoms with Gasteiger partial charge in [-0.1, -0.05) is 66.7 Å². The average Bonchev–Trinajstić information content (AvgIpc) is 2.20. The fourth-order valence-corrected chi connectivity index (χ4v) is 4.48. The summed E-state index contributed by atoms with van der Waals surface area (Å²) in [5, 5.41) is 0. The van der Waals surface area contributed by atoms with Crippen LogP contribution in [0.15, 0.2) is 0 Å². The Bertz CT molecular complexity index is 218. The maximum absolute atomic E-state index is 12.0. The van der Waals surface area contributed by atoms with E-state index in [4.69, 9.17) is 0 Å². The minimum atomic E-state index is -1.30. The first-order chi connectivity index (χ1) is 8.35. The van der Waals surface area contributed by atoms with E-state index in [2.05, 4.69) is 34.6 Å². The molecule has 0 amide bonds. The summed E-state index contributed by atoms with van der Waals surface area (Å²) in [6.07, 6.45) is 11.0. The van der Waals surface area contributed by atoms with Crippen molar-refractivity contribution in [2.24, 2.45) is 11.3 Å². The van der Waals surface area contributed by atoms with Crippen molar-refractivity contribution >= 4 is 7.80 Å². The van der Waals surface area contributed by atoms with Crippen molar-refractivity contribution in [3.8, 4) is 0 Å². The average molecular weight is 274 g/mol. The molecule has 2 atom stereocenters. The summed E-state index contributed by atoms with van der Waals surface area (Å²) in [6, 6.07) is 0. The van der Waals surface area contributed by atoms with E-state index in [1.54, 1.807) is 0 Å². The van der Waals surface area contributed by atoms with Crippen molar-refractivity contribution < 1.29 is 4.57 Å². The lowest BCUT2D eigenvalue weighted by Crippen LogP contribution is -2.12. The molecular formula is C16H35OP. The Morgan fingerprint density at radius 3 is 2.11 bits per heavy atom. The first kappa shape index (κ1) is 18.2. The van der Waals surface area contributed by atoms with E-state index in [0.717, 1.165) is 12.3 Å². The molecule has 1 nitrogen and oxygen atoms in total. The van der Waals surface area contributed by atoms with Gasteiger partial charge in [0.2, 0.25) is 0 Å². The largest absolute Gasteiger partial charge is 0.327 e. The van der Waals surface area contributed by atoms with Crippen molar-refractivity contribution in [3.05, 3.63) is 0 Å². The minimum Gasteiger partial charge on any atom is -0.327 e. The second kappa shape index (κ2) is 10.1. The highest BCUT2D eigenvalue weighted by molar-refractivity contribution is 7.44. The number of rotatable bonds is 10. The van der Waals surface area contributed by atoms with Crippen LogP contribution < -0.4 is 0 Å². The lowest BCUT2D eigenvalue weighted by atomic mass is 9.86. The van der Waals surface area contributed by atoms with Gasteiger partial charge in [0.05, 0.1) is 7.80 Å². The summed E-state index contributed by atoms with van der Waals surface area (Å²) in [5.41, 5.74) is 0.377. The second-order valence-corrected chi connectivity index (χ2v) is 9.12. The van der Waals surface area contributed by atoms with Crippen molar-refractivity contribution in [1.82, 2.24) is 0 Å². The highest BCUT2D eigenvalue weighted by Crippen LogP contribution is 2.32. The molecule has 0 rings (SSSR count). The number of hydrogen-bond donors (Lipinski definition) is 0. The molecule has 0 fully saturated rings. The Hall–Kier alpha value is 0.230. The first-order valence-corrected chi connectivity index (χ1v) is 9.69. The molecule has 18 heavy (non-hydrogen) atoms. The Morgan fingerprint density at radius 1 is 1.00 bits per heavy atom. The van der Waals surface area contributed by atoms with E-state index >= 15 is 0 Å². The number of unbranched alkanes of at least 4 members (excludes halogenated alkanes) is 5. The van der Waals surface area contributed by atoms with Gasteiger partial charge in [-0.15, -0.1) is 0 Å². The highest BCUT2D eigenvalue weighted by atomic mass is 31.1. The lowest BCUT2D eigenvalue weighted by molar-refractivity contribution is 0.321. The highest BCUT2D eigenvalue weighted by Gasteiger charge is 2.16. The number of hydrogen-bond acceptors (Lipinski definition) is 1. The topological polar surface area (TPSA) is 17.1 Å². The SMILES string of the molecule is CCCCCCCC[PH](=O)CC(C)CC(C)(C)C. The third-order valence-electron chi connectivity index (χ3n) is 3.35. The van der Waals surface area contributed by atoms with Crippen LogP contribution in [-0.4, -0.2) is 12.3 Å². The van der Waals surface area contributed by atoms with E-state index in [1.165, 1.54) is 44.9 Å². The quantitative estimate of drug-likeness (QED) is 0.354. The van der Waals surface area contributed by atoms with Gasteiger partial charge in [-0.25, -0.2) is 0 Å². The molecule has 0 saturated carbocycles. The molecule has 0 bridgehead atoms. The predicted molar refractivity (Wildman–Crippen MR) is 85.3 cm³/mol. The molecule has 0 aromatic carbocycles. The van der Waals surface area contributed by atoms with Gasteiger partial charge < -0.3 is 4.57 Å². The molecule has 0 spiro atoms. The maximum Gasteiger partial charge on any atom is 0.0764 e. The van der Waals surface area contributed by atoms with Crippen molar-refractivity contribution in [1.29, 1.82) is 0 Å². The van der Waals surface area contributed by atoms with Gasteiger partial charge in [0.1, 0.15) is 0 Å². The zero-order valence-electron chi connectivity index (χ0n) is 13.3. The molecule has 0 aromatic heterocycles. The molecule has 0 aliphatic rings. The predicted octanol–water partition coefficient (Wildman–Crippen LogP) is 5.98. The summed E-state index contributed by atoms with van der Waals surface area (Å²) in [6.45, 7) is 11.3. The monoisotopic (exact) mass is 274 g/mol. The first-order valence-electron chi connectivity index (χ1n) is 7.87. The van der Waals surface area contributed by atoms with E-state index in [0.29, 0.717) is 11.3 Å². The summed E-state index contributed by atoms with van der Waals surface area (Å²) in [5.74, 6) is 0.622.